The molecule has 1 aliphatic heterocycles. The lowest BCUT2D eigenvalue weighted by Gasteiger charge is -2.37. The van der Waals surface area contributed by atoms with Crippen molar-refractivity contribution in [2.75, 3.05) is 6.61 Å². The minimum atomic E-state index is 0.0113. The summed E-state index contributed by atoms with van der Waals surface area (Å²) in [7, 11) is 0. The number of rotatable bonds is 5. The van der Waals surface area contributed by atoms with Gasteiger partial charge in [0.2, 0.25) is 0 Å². The van der Waals surface area contributed by atoms with E-state index in [9.17, 15) is 4.79 Å². The quantitative estimate of drug-likeness (QED) is 0.666. The second-order valence-electron chi connectivity index (χ2n) is 9.44. The predicted octanol–water partition coefficient (Wildman–Crippen LogP) is 5.52. The summed E-state index contributed by atoms with van der Waals surface area (Å²) in [6.07, 6.45) is 7.06. The normalized spacial score (nSPS) is 20.9. The fraction of sp³-hybridized carbons (Fsp3) is 0.682. The van der Waals surface area contributed by atoms with Crippen LogP contribution in [0, 0.1) is 5.92 Å². The molecule has 1 atom stereocenters. The minimum absolute atomic E-state index is 0.0113. The van der Waals surface area contributed by atoms with Crippen LogP contribution in [0.1, 0.15) is 89.3 Å². The molecular weight excluding hydrogens is 296 g/mol. The molecule has 2 heteroatoms. The van der Waals surface area contributed by atoms with E-state index in [-0.39, 0.29) is 16.7 Å². The number of hydrogen-bond donors (Lipinski definition) is 0. The third-order valence-electron chi connectivity index (χ3n) is 5.80. The Morgan fingerprint density at radius 3 is 2.58 bits per heavy atom. The zero-order valence-corrected chi connectivity index (χ0v) is 15.9. The summed E-state index contributed by atoms with van der Waals surface area (Å²) < 4.78 is 6.10. The van der Waals surface area contributed by atoms with Crippen molar-refractivity contribution in [3.8, 4) is 5.75 Å². The van der Waals surface area contributed by atoms with Gasteiger partial charge in [-0.2, -0.15) is 0 Å². The summed E-state index contributed by atoms with van der Waals surface area (Å²) in [6, 6.07) is 4.50. The van der Waals surface area contributed by atoms with Gasteiger partial charge in [-0.15, -0.1) is 0 Å². The second kappa shape index (κ2) is 6.20. The van der Waals surface area contributed by atoms with Crippen molar-refractivity contribution in [3.05, 3.63) is 28.8 Å². The Morgan fingerprint density at radius 2 is 2.00 bits per heavy atom. The van der Waals surface area contributed by atoms with E-state index in [2.05, 4.69) is 46.8 Å². The summed E-state index contributed by atoms with van der Waals surface area (Å²) in [5.74, 6) is 1.95. The van der Waals surface area contributed by atoms with Gasteiger partial charge in [-0.1, -0.05) is 59.6 Å². The maximum atomic E-state index is 11.8. The standard InChI is InChI=1S/C22H32O2/c1-21(2,3)18-12-17(16(14-23)9-8-15-6-7-15)13-19-20(18)24-11-10-22(19,4)5/h12-16H,6-11H2,1-5H3. The molecule has 1 saturated carbocycles. The van der Waals surface area contributed by atoms with E-state index in [0.717, 1.165) is 37.4 Å². The molecule has 2 nitrogen and oxygen atoms in total. The number of carbonyl (C=O) groups excluding carboxylic acids is 1. The summed E-state index contributed by atoms with van der Waals surface area (Å²) in [5.41, 5.74) is 3.84. The summed E-state index contributed by atoms with van der Waals surface area (Å²) in [5, 5.41) is 0. The van der Waals surface area contributed by atoms with Gasteiger partial charge in [0.1, 0.15) is 12.0 Å². The fourth-order valence-electron chi connectivity index (χ4n) is 3.76. The molecular formula is C22H32O2. The second-order valence-corrected chi connectivity index (χ2v) is 9.44. The zero-order valence-electron chi connectivity index (χ0n) is 15.9. The Balaban J connectivity index is 2.04. The van der Waals surface area contributed by atoms with Crippen molar-refractivity contribution in [3.63, 3.8) is 0 Å². The molecule has 0 spiro atoms. The molecule has 1 aliphatic carbocycles. The third-order valence-corrected chi connectivity index (χ3v) is 5.80. The van der Waals surface area contributed by atoms with Gasteiger partial charge in [0, 0.05) is 17.0 Å². The monoisotopic (exact) mass is 328 g/mol. The van der Waals surface area contributed by atoms with E-state index in [1.165, 1.54) is 36.0 Å². The van der Waals surface area contributed by atoms with Gasteiger partial charge in [-0.05, 0) is 41.6 Å². The summed E-state index contributed by atoms with van der Waals surface area (Å²) in [4.78, 5) is 11.8. The van der Waals surface area contributed by atoms with E-state index >= 15 is 0 Å². The molecule has 1 fully saturated rings. The van der Waals surface area contributed by atoms with Crippen molar-refractivity contribution in [2.45, 2.75) is 83.5 Å². The summed E-state index contributed by atoms with van der Waals surface area (Å²) in [6.45, 7) is 12.1. The van der Waals surface area contributed by atoms with E-state index in [1.807, 2.05) is 0 Å². The van der Waals surface area contributed by atoms with E-state index in [1.54, 1.807) is 0 Å². The van der Waals surface area contributed by atoms with Crippen molar-refractivity contribution in [1.29, 1.82) is 0 Å². The van der Waals surface area contributed by atoms with Gasteiger partial charge in [0.15, 0.2) is 0 Å². The van der Waals surface area contributed by atoms with E-state index in [4.69, 9.17) is 4.74 Å². The first-order valence-corrected chi connectivity index (χ1v) is 9.49. The molecule has 1 unspecified atom stereocenters. The first-order chi connectivity index (χ1) is 11.2. The molecule has 24 heavy (non-hydrogen) atoms. The lowest BCUT2D eigenvalue weighted by molar-refractivity contribution is -0.109. The van der Waals surface area contributed by atoms with Crippen LogP contribution in [0.4, 0.5) is 0 Å². The predicted molar refractivity (Wildman–Crippen MR) is 99.0 cm³/mol. The molecule has 0 aromatic heterocycles. The van der Waals surface area contributed by atoms with Crippen LogP contribution in [0.25, 0.3) is 0 Å². The Kier molecular flexibility index (Phi) is 4.53. The highest BCUT2D eigenvalue weighted by Crippen LogP contribution is 2.46. The molecule has 0 saturated heterocycles. The van der Waals surface area contributed by atoms with Gasteiger partial charge >= 0.3 is 0 Å². The van der Waals surface area contributed by atoms with Crippen LogP contribution in [0.2, 0.25) is 0 Å². The molecule has 2 aliphatic rings. The van der Waals surface area contributed by atoms with Crippen LogP contribution >= 0.6 is 0 Å². The highest BCUT2D eigenvalue weighted by molar-refractivity contribution is 5.64. The Bertz CT molecular complexity index is 600. The number of hydrogen-bond acceptors (Lipinski definition) is 2. The molecule has 132 valence electrons. The fourth-order valence-corrected chi connectivity index (χ4v) is 3.76. The Hall–Kier alpha value is -1.31. The van der Waals surface area contributed by atoms with E-state index in [0.29, 0.717) is 0 Å². The van der Waals surface area contributed by atoms with Crippen LogP contribution in [-0.4, -0.2) is 12.9 Å². The van der Waals surface area contributed by atoms with Gasteiger partial charge in [0.05, 0.1) is 6.61 Å². The maximum absolute atomic E-state index is 11.8. The first-order valence-electron chi connectivity index (χ1n) is 9.49. The third kappa shape index (κ3) is 3.53. The molecule has 1 heterocycles. The van der Waals surface area contributed by atoms with Crippen LogP contribution < -0.4 is 4.74 Å². The lowest BCUT2D eigenvalue weighted by Crippen LogP contribution is -2.29. The van der Waals surface area contributed by atoms with Crippen molar-refractivity contribution in [2.24, 2.45) is 5.92 Å². The maximum Gasteiger partial charge on any atom is 0.127 e. The first kappa shape index (κ1) is 17.5. The average molecular weight is 328 g/mol. The Morgan fingerprint density at radius 1 is 1.29 bits per heavy atom. The number of benzene rings is 1. The van der Waals surface area contributed by atoms with Gasteiger partial charge in [-0.25, -0.2) is 0 Å². The van der Waals surface area contributed by atoms with Gasteiger partial charge in [0.25, 0.3) is 0 Å². The van der Waals surface area contributed by atoms with E-state index < -0.39 is 0 Å². The van der Waals surface area contributed by atoms with Crippen LogP contribution in [0.5, 0.6) is 5.75 Å². The highest BCUT2D eigenvalue weighted by atomic mass is 16.5. The number of carbonyl (C=O) groups is 1. The largest absolute Gasteiger partial charge is 0.493 e. The van der Waals surface area contributed by atoms with Crippen molar-refractivity contribution in [1.82, 2.24) is 0 Å². The SMILES string of the molecule is CC(C)(C)c1cc(C(C=O)CCC2CC2)cc2c1OCCC2(C)C. The number of aldehydes is 1. The van der Waals surface area contributed by atoms with Crippen LogP contribution in [-0.2, 0) is 15.6 Å². The van der Waals surface area contributed by atoms with Crippen LogP contribution in [0.3, 0.4) is 0 Å². The molecule has 0 amide bonds. The topological polar surface area (TPSA) is 26.3 Å². The molecule has 3 rings (SSSR count). The molecule has 0 radical (unpaired) electrons. The van der Waals surface area contributed by atoms with Gasteiger partial charge < -0.3 is 9.53 Å². The molecule has 1 aromatic rings. The zero-order chi connectivity index (χ0) is 17.5. The molecule has 1 aromatic carbocycles. The molecule has 0 bridgehead atoms. The average Bonchev–Trinajstić information content (AvgIpc) is 3.30. The minimum Gasteiger partial charge on any atom is -0.493 e. The number of ether oxygens (including phenoxy) is 1. The smallest absolute Gasteiger partial charge is 0.127 e. The lowest BCUT2D eigenvalue weighted by atomic mass is 9.73. The number of fused-ring (bicyclic) bond motifs is 1. The van der Waals surface area contributed by atoms with Crippen molar-refractivity contribution < 1.29 is 9.53 Å². The Labute approximate surface area is 147 Å². The van der Waals surface area contributed by atoms with Gasteiger partial charge in [-0.3, -0.25) is 0 Å². The highest BCUT2D eigenvalue weighted by Gasteiger charge is 2.34. The van der Waals surface area contributed by atoms with Crippen LogP contribution in [0.15, 0.2) is 12.1 Å². The summed E-state index contributed by atoms with van der Waals surface area (Å²) >= 11 is 0. The van der Waals surface area contributed by atoms with Crippen molar-refractivity contribution >= 4 is 6.29 Å². The molecule has 0 N–H and O–H groups in total.